The van der Waals surface area contributed by atoms with Crippen LogP contribution in [0.5, 0.6) is 0 Å². The van der Waals surface area contributed by atoms with Crippen LogP contribution in [0.15, 0.2) is 0 Å². The third-order valence-corrected chi connectivity index (χ3v) is 9.13. The largest absolute Gasteiger partial charge is 0.481 e. The topological polar surface area (TPSA) is 299 Å². The van der Waals surface area contributed by atoms with Gasteiger partial charge in [0.1, 0.15) is 36.3 Å². The molecule has 0 saturated heterocycles. The lowest BCUT2D eigenvalue weighted by atomic mass is 9.96. The molecule has 0 unspecified atom stereocenters. The minimum Gasteiger partial charge on any atom is -0.481 e. The van der Waals surface area contributed by atoms with E-state index in [9.17, 15) is 48.3 Å². The van der Waals surface area contributed by atoms with Crippen LogP contribution in [0.3, 0.4) is 0 Å². The Labute approximate surface area is 332 Å². The zero-order valence-electron chi connectivity index (χ0n) is 34.0. The molecule has 0 aromatic carbocycles. The first kappa shape index (κ1) is 51.5. The zero-order chi connectivity index (χ0) is 43.4. The molecule has 20 heteroatoms. The van der Waals surface area contributed by atoms with Crippen LogP contribution >= 0.6 is 11.8 Å². The molecule has 0 saturated carbocycles. The Hall–Kier alpha value is -4.46. The van der Waals surface area contributed by atoms with Gasteiger partial charge in [-0.15, -0.1) is 0 Å². The molecule has 0 spiro atoms. The molecule has 0 rings (SSSR count). The number of carboxylic acid groups (broad SMARTS) is 2. The van der Waals surface area contributed by atoms with Crippen LogP contribution in [0.25, 0.3) is 0 Å². The number of aliphatic carboxylic acids is 2. The number of carbonyl (C=O) groups is 9. The van der Waals surface area contributed by atoms with Crippen molar-refractivity contribution in [2.24, 2.45) is 17.8 Å². The smallest absolute Gasteiger partial charge is 0.325 e. The number of thioether (sulfide) groups is 1. The molecule has 0 aromatic rings. The van der Waals surface area contributed by atoms with Gasteiger partial charge in [-0.25, -0.2) is 0 Å². The van der Waals surface area contributed by atoms with Crippen LogP contribution < -0.4 is 37.2 Å². The van der Waals surface area contributed by atoms with Gasteiger partial charge < -0.3 is 52.5 Å². The van der Waals surface area contributed by atoms with Crippen molar-refractivity contribution in [2.75, 3.05) is 12.0 Å². The summed E-state index contributed by atoms with van der Waals surface area (Å²) < 4.78 is 0. The van der Waals surface area contributed by atoms with Crippen LogP contribution in [0, 0.1) is 17.8 Å². The molecule has 8 atom stereocenters. The maximum atomic E-state index is 13.5. The highest BCUT2D eigenvalue weighted by Gasteiger charge is 2.34. The van der Waals surface area contributed by atoms with E-state index in [0.717, 1.165) is 0 Å². The minimum atomic E-state index is -1.43. The molecule has 320 valence electrons. The van der Waals surface area contributed by atoms with E-state index in [2.05, 4.69) is 37.2 Å². The molecule has 56 heavy (non-hydrogen) atoms. The second-order valence-electron chi connectivity index (χ2n) is 14.9. The molecule has 19 nitrogen and oxygen atoms in total. The maximum absolute atomic E-state index is 13.5. The number of hydrogen-bond acceptors (Lipinski definition) is 11. The summed E-state index contributed by atoms with van der Waals surface area (Å²) in [6, 6.07) is -8.08. The zero-order valence-corrected chi connectivity index (χ0v) is 34.8. The van der Waals surface area contributed by atoms with Gasteiger partial charge in [0.15, 0.2) is 0 Å². The average molecular weight is 818 g/mol. The van der Waals surface area contributed by atoms with Crippen LogP contribution in [0.4, 0.5) is 0 Å². The van der Waals surface area contributed by atoms with Gasteiger partial charge in [-0.2, -0.15) is 11.8 Å². The molecule has 0 aliphatic rings. The van der Waals surface area contributed by atoms with Crippen LogP contribution in [-0.2, 0) is 43.2 Å². The first-order valence-corrected chi connectivity index (χ1v) is 20.0. The maximum Gasteiger partial charge on any atom is 0.325 e. The van der Waals surface area contributed by atoms with Gasteiger partial charge in [-0.1, -0.05) is 41.5 Å². The van der Waals surface area contributed by atoms with E-state index >= 15 is 0 Å². The minimum absolute atomic E-state index is 0.0421. The second kappa shape index (κ2) is 25.6. The lowest BCUT2D eigenvalue weighted by Crippen LogP contribution is -2.58. The molecule has 10 N–H and O–H groups in total. The Bertz CT molecular complexity index is 1380. The summed E-state index contributed by atoms with van der Waals surface area (Å²) in [5.41, 5.74) is 0. The summed E-state index contributed by atoms with van der Waals surface area (Å²) in [5, 5.41) is 46.9. The quantitative estimate of drug-likeness (QED) is 0.0515. The number of carbonyl (C=O) groups excluding carboxylic acids is 7. The Balaban J connectivity index is 5.83. The summed E-state index contributed by atoms with van der Waals surface area (Å²) >= 11 is 1.46. The van der Waals surface area contributed by atoms with E-state index < -0.39 is 120 Å². The Morgan fingerprint density at radius 1 is 0.589 bits per heavy atom. The monoisotopic (exact) mass is 817 g/mol. The first-order chi connectivity index (χ1) is 25.9. The predicted molar refractivity (Wildman–Crippen MR) is 208 cm³/mol. The van der Waals surface area contributed by atoms with Gasteiger partial charge >= 0.3 is 11.9 Å². The Morgan fingerprint density at radius 3 is 1.55 bits per heavy atom. The van der Waals surface area contributed by atoms with Crippen molar-refractivity contribution in [1.29, 1.82) is 0 Å². The van der Waals surface area contributed by atoms with Crippen molar-refractivity contribution in [2.45, 2.75) is 143 Å². The van der Waals surface area contributed by atoms with E-state index in [1.165, 1.54) is 32.5 Å². The van der Waals surface area contributed by atoms with Gasteiger partial charge in [-0.3, -0.25) is 43.2 Å². The summed E-state index contributed by atoms with van der Waals surface area (Å²) in [6.07, 6.45) is -0.498. The summed E-state index contributed by atoms with van der Waals surface area (Å²) in [4.78, 5) is 113. The molecule has 0 heterocycles. The standard InChI is InChI=1S/C36H63N7O12S/c1-17(2)15-25(42-33(51)24(13-14-56-10)41-35(53)29(18(3)4)39-22(9)44)26(45)16-27(46)43-30(19(5)6)34(52)37-20(7)31(49)40-23(11-12-28(47)48)32(50)38-21(8)36(54)55/h17-21,23-26,29-30,45H,11-16H2,1-10H3,(H,37,52)(H,38,50)(H,39,44)(H,40,49)(H,41,53)(H,42,51)(H,43,46)(H,47,48)(H,54,55)/t20-,21-,23-,24-,25-,26-,29-,30-/m0/s1. The molecule has 0 aliphatic heterocycles. The lowest BCUT2D eigenvalue weighted by molar-refractivity contribution is -0.142. The van der Waals surface area contributed by atoms with Crippen molar-refractivity contribution in [3.05, 3.63) is 0 Å². The molecule has 0 aliphatic carbocycles. The molecule has 0 aromatic heterocycles. The van der Waals surface area contributed by atoms with Crippen LogP contribution in [-0.4, -0.2) is 129 Å². The van der Waals surface area contributed by atoms with Crippen molar-refractivity contribution >= 4 is 65.1 Å². The fraction of sp³-hybridized carbons (Fsp3) is 0.750. The molecule has 7 amide bonds. The second-order valence-corrected chi connectivity index (χ2v) is 15.8. The van der Waals surface area contributed by atoms with Crippen LogP contribution in [0.2, 0.25) is 0 Å². The van der Waals surface area contributed by atoms with E-state index in [1.54, 1.807) is 27.7 Å². The van der Waals surface area contributed by atoms with Crippen molar-refractivity contribution in [3.8, 4) is 0 Å². The fourth-order valence-corrected chi connectivity index (χ4v) is 5.77. The number of rotatable bonds is 26. The van der Waals surface area contributed by atoms with Gasteiger partial charge in [0.25, 0.3) is 0 Å². The van der Waals surface area contributed by atoms with Gasteiger partial charge in [-0.05, 0) is 62.9 Å². The predicted octanol–water partition coefficient (Wildman–Crippen LogP) is -0.749. The molecule has 0 bridgehead atoms. The van der Waals surface area contributed by atoms with Crippen molar-refractivity contribution in [1.82, 2.24) is 37.2 Å². The first-order valence-electron chi connectivity index (χ1n) is 18.6. The average Bonchev–Trinajstić information content (AvgIpc) is 3.07. The fourth-order valence-electron chi connectivity index (χ4n) is 5.30. The molecular formula is C36H63N7O12S. The number of amides is 7. The van der Waals surface area contributed by atoms with E-state index in [-0.39, 0.29) is 31.1 Å². The van der Waals surface area contributed by atoms with E-state index in [0.29, 0.717) is 5.75 Å². The Morgan fingerprint density at radius 2 is 1.07 bits per heavy atom. The van der Waals surface area contributed by atoms with Gasteiger partial charge in [0.05, 0.1) is 18.6 Å². The van der Waals surface area contributed by atoms with Crippen LogP contribution in [0.1, 0.15) is 94.4 Å². The highest BCUT2D eigenvalue weighted by atomic mass is 32.2. The number of carboxylic acids is 2. The van der Waals surface area contributed by atoms with Crippen molar-refractivity contribution in [3.63, 3.8) is 0 Å². The molecular weight excluding hydrogens is 754 g/mol. The van der Waals surface area contributed by atoms with Gasteiger partial charge in [0.2, 0.25) is 41.4 Å². The lowest BCUT2D eigenvalue weighted by Gasteiger charge is -2.30. The molecule has 0 radical (unpaired) electrons. The number of hydrogen-bond donors (Lipinski definition) is 10. The van der Waals surface area contributed by atoms with E-state index in [4.69, 9.17) is 10.2 Å². The highest BCUT2D eigenvalue weighted by molar-refractivity contribution is 7.98. The summed E-state index contributed by atoms with van der Waals surface area (Å²) in [7, 11) is 0. The Kier molecular flexibility index (Phi) is 23.6. The third kappa shape index (κ3) is 19.9. The summed E-state index contributed by atoms with van der Waals surface area (Å²) in [5.74, 6) is -7.83. The molecule has 0 fully saturated rings. The van der Waals surface area contributed by atoms with Crippen molar-refractivity contribution < 1.29 is 58.5 Å². The normalized spacial score (nSPS) is 15.5. The van der Waals surface area contributed by atoms with E-state index in [1.807, 2.05) is 20.1 Å². The SMILES string of the molecule is CSCC[C@H](NC(=O)[C@@H](NC(C)=O)C(C)C)C(=O)N[C@@H](CC(C)C)[C@@H](O)CC(=O)N[C@H](C(=O)N[C@@H](C)C(=O)N[C@@H](CCC(=O)O)C(=O)N[C@@H](C)C(=O)O)C(C)C. The number of aliphatic hydroxyl groups is 1. The third-order valence-electron chi connectivity index (χ3n) is 8.49. The number of nitrogens with one attached hydrogen (secondary N) is 7. The highest BCUT2D eigenvalue weighted by Crippen LogP contribution is 2.14. The number of aliphatic hydroxyl groups excluding tert-OH is 1. The summed E-state index contributed by atoms with van der Waals surface area (Å²) in [6.45, 7) is 14.2. The van der Waals surface area contributed by atoms with Gasteiger partial charge in [0, 0.05) is 13.3 Å².